The van der Waals surface area contributed by atoms with Crippen molar-refractivity contribution in [2.75, 3.05) is 31.1 Å². The Morgan fingerprint density at radius 2 is 1.61 bits per heavy atom. The van der Waals surface area contributed by atoms with Crippen molar-refractivity contribution < 1.29 is 52.8 Å². The average molecular weight is 653 g/mol. The molecule has 0 spiro atoms. The number of halogens is 1. The molecule has 14 nitrogen and oxygen atoms in total. The highest BCUT2D eigenvalue weighted by Crippen LogP contribution is 2.68. The van der Waals surface area contributed by atoms with Crippen molar-refractivity contribution in [2.45, 2.75) is 30.4 Å². The van der Waals surface area contributed by atoms with Gasteiger partial charge in [0.2, 0.25) is 0 Å². The Balaban J connectivity index is 1.26. The van der Waals surface area contributed by atoms with Crippen LogP contribution in [0.4, 0.5) is 14.9 Å². The number of carbonyl (C=O) groups excluding carboxylic acids is 1. The number of hydrogen-bond donors (Lipinski definition) is 6. The average Bonchev–Trinajstić information content (AvgIpc) is 3.78. The van der Waals surface area contributed by atoms with E-state index in [4.69, 9.17) is 4.74 Å². The number of aliphatic hydroxyl groups is 2. The molecule has 2 aliphatic rings. The third-order valence-electron chi connectivity index (χ3n) is 7.73. The maximum atomic E-state index is 15.3. The summed E-state index contributed by atoms with van der Waals surface area (Å²) in [6.07, 6.45) is 1.53. The van der Waals surface area contributed by atoms with Gasteiger partial charge < -0.3 is 48.9 Å². The molecule has 5 rings (SSSR count). The highest BCUT2D eigenvalue weighted by Gasteiger charge is 2.59. The second-order valence-corrected chi connectivity index (χ2v) is 14.8. The Morgan fingerprint density at radius 1 is 1.02 bits per heavy atom. The number of aliphatic hydroxyl groups excluding tert-OH is 1. The SMILES string of the molecule is C=C(O)c1cn(C2CC2)c2cc(N3CCN(C(=O)Oc4ccc(CC(O)(P(=O)(O)O)P(=O)(O)O)cc4)CC3)c(F)cc2c1=O. The highest BCUT2D eigenvalue weighted by atomic mass is 31.2. The van der Waals surface area contributed by atoms with Crippen molar-refractivity contribution in [1.29, 1.82) is 0 Å². The largest absolute Gasteiger partial charge is 0.508 e. The summed E-state index contributed by atoms with van der Waals surface area (Å²) < 4.78 is 45.7. The first kappa shape index (κ1) is 31.9. The molecule has 1 aromatic heterocycles. The number of amides is 1. The Kier molecular flexibility index (Phi) is 8.27. The molecule has 1 saturated carbocycles. The van der Waals surface area contributed by atoms with Gasteiger partial charge in [-0.25, -0.2) is 9.18 Å². The summed E-state index contributed by atoms with van der Waals surface area (Å²) in [5, 5.41) is 16.5. The molecule has 1 saturated heterocycles. The van der Waals surface area contributed by atoms with Gasteiger partial charge in [-0.1, -0.05) is 18.7 Å². The van der Waals surface area contributed by atoms with Gasteiger partial charge in [0, 0.05) is 50.2 Å². The van der Waals surface area contributed by atoms with E-state index in [-0.39, 0.29) is 65.9 Å². The third kappa shape index (κ3) is 6.04. The van der Waals surface area contributed by atoms with E-state index in [1.165, 1.54) is 29.2 Å². The topological polar surface area (TPSA) is 210 Å². The van der Waals surface area contributed by atoms with Crippen LogP contribution in [-0.2, 0) is 15.6 Å². The lowest BCUT2D eigenvalue weighted by Gasteiger charge is -2.35. The van der Waals surface area contributed by atoms with E-state index < -0.39 is 44.0 Å². The molecule has 1 amide bonds. The predicted molar refractivity (Wildman–Crippen MR) is 157 cm³/mol. The summed E-state index contributed by atoms with van der Waals surface area (Å²) in [7, 11) is -11.3. The zero-order chi connectivity index (χ0) is 32.2. The van der Waals surface area contributed by atoms with Crippen LogP contribution in [-0.4, -0.2) is 76.6 Å². The maximum Gasteiger partial charge on any atom is 0.415 e. The van der Waals surface area contributed by atoms with Gasteiger partial charge in [0.1, 0.15) is 17.3 Å². The van der Waals surface area contributed by atoms with Crippen molar-refractivity contribution >= 4 is 43.6 Å². The molecule has 1 aliphatic heterocycles. The summed E-state index contributed by atoms with van der Waals surface area (Å²) in [5.41, 5.74) is 0.256. The number of fused-ring (bicyclic) bond motifs is 1. The van der Waals surface area contributed by atoms with E-state index in [9.17, 15) is 48.5 Å². The molecule has 236 valence electrons. The number of carbonyl (C=O) groups is 1. The third-order valence-corrected chi connectivity index (χ3v) is 11.5. The van der Waals surface area contributed by atoms with Crippen molar-refractivity contribution in [2.24, 2.45) is 0 Å². The van der Waals surface area contributed by atoms with E-state index in [1.807, 2.05) is 4.57 Å². The number of anilines is 1. The smallest absolute Gasteiger partial charge is 0.415 e. The van der Waals surface area contributed by atoms with Crippen molar-refractivity contribution in [3.05, 3.63) is 76.3 Å². The van der Waals surface area contributed by atoms with Crippen LogP contribution in [0, 0.1) is 5.82 Å². The molecule has 0 bridgehead atoms. The molecule has 44 heavy (non-hydrogen) atoms. The number of nitrogens with zero attached hydrogens (tertiary/aromatic N) is 3. The highest BCUT2D eigenvalue weighted by molar-refractivity contribution is 7.72. The van der Waals surface area contributed by atoms with Gasteiger partial charge in [0.15, 0.2) is 5.43 Å². The minimum atomic E-state index is -5.64. The second-order valence-electron chi connectivity index (χ2n) is 10.8. The van der Waals surface area contributed by atoms with Crippen LogP contribution in [0.2, 0.25) is 0 Å². The molecular weight excluding hydrogens is 623 g/mol. The minimum Gasteiger partial charge on any atom is -0.508 e. The van der Waals surface area contributed by atoms with Crippen LogP contribution < -0.4 is 15.1 Å². The van der Waals surface area contributed by atoms with Crippen LogP contribution in [0.25, 0.3) is 16.7 Å². The van der Waals surface area contributed by atoms with Crippen molar-refractivity contribution in [3.8, 4) is 5.75 Å². The number of pyridine rings is 1. The standard InChI is InChI=1S/C27H30FN3O11P2/c1-16(32)21-15-31(18-4-5-18)23-13-24(22(28)12-20(23)25(21)33)29-8-10-30(11-9-29)26(34)42-19-6-2-17(3-7-19)14-27(35,43(36,37)38)44(39,40)41/h2-3,6-7,12-13,15,18,32,35H,1,4-5,8-11,14H2,(H2,36,37,38)(H2,39,40,41). The normalized spacial score (nSPS) is 16.3. The van der Waals surface area contributed by atoms with Gasteiger partial charge in [-0.2, -0.15) is 0 Å². The quantitative estimate of drug-likeness (QED) is 0.153. The summed E-state index contributed by atoms with van der Waals surface area (Å²) >= 11 is 0. The van der Waals surface area contributed by atoms with Gasteiger partial charge >= 0.3 is 21.3 Å². The number of ether oxygens (including phenoxy) is 1. The molecule has 2 fully saturated rings. The lowest BCUT2D eigenvalue weighted by molar-refractivity contribution is 0.131. The summed E-state index contributed by atoms with van der Waals surface area (Å²) in [4.78, 5) is 66.1. The van der Waals surface area contributed by atoms with Gasteiger partial charge in [-0.05, 0) is 42.7 Å². The first-order valence-corrected chi connectivity index (χ1v) is 16.6. The number of piperazine rings is 1. The Morgan fingerprint density at radius 3 is 2.14 bits per heavy atom. The van der Waals surface area contributed by atoms with E-state index in [1.54, 1.807) is 17.2 Å². The number of benzene rings is 2. The molecule has 17 heteroatoms. The zero-order valence-corrected chi connectivity index (χ0v) is 24.9. The van der Waals surface area contributed by atoms with Gasteiger partial charge in [-0.3, -0.25) is 13.9 Å². The fraction of sp³-hybridized carbons (Fsp3) is 0.333. The van der Waals surface area contributed by atoms with E-state index >= 15 is 4.39 Å². The maximum absolute atomic E-state index is 15.3. The Hall–Kier alpha value is -3.55. The number of hydrogen-bond acceptors (Lipinski definition) is 8. The number of rotatable bonds is 8. The Bertz CT molecular complexity index is 1770. The first-order valence-electron chi connectivity index (χ1n) is 13.4. The lowest BCUT2D eigenvalue weighted by Crippen LogP contribution is -2.49. The van der Waals surface area contributed by atoms with Crippen LogP contribution in [0.1, 0.15) is 30.0 Å². The van der Waals surface area contributed by atoms with E-state index in [0.717, 1.165) is 18.9 Å². The van der Waals surface area contributed by atoms with Crippen LogP contribution in [0.5, 0.6) is 5.75 Å². The molecule has 6 N–H and O–H groups in total. The molecular formula is C27H30FN3O11P2. The fourth-order valence-corrected chi connectivity index (χ4v) is 7.22. The zero-order valence-electron chi connectivity index (χ0n) is 23.1. The lowest BCUT2D eigenvalue weighted by atomic mass is 10.1. The van der Waals surface area contributed by atoms with Crippen LogP contribution in [0.15, 0.2) is 54.0 Å². The van der Waals surface area contributed by atoms with E-state index in [2.05, 4.69) is 6.58 Å². The fourth-order valence-electron chi connectivity index (χ4n) is 5.08. The second kappa shape index (κ2) is 11.4. The van der Waals surface area contributed by atoms with Crippen molar-refractivity contribution in [3.63, 3.8) is 0 Å². The van der Waals surface area contributed by atoms with Gasteiger partial charge in [-0.15, -0.1) is 0 Å². The molecule has 2 heterocycles. The van der Waals surface area contributed by atoms with Crippen LogP contribution in [0.3, 0.4) is 0 Å². The van der Waals surface area contributed by atoms with Crippen molar-refractivity contribution in [1.82, 2.24) is 9.47 Å². The Labute approximate surface area is 249 Å². The minimum absolute atomic E-state index is 0.0158. The molecule has 3 aromatic rings. The molecule has 0 atom stereocenters. The summed E-state index contributed by atoms with van der Waals surface area (Å²) in [6.45, 7) is 4.28. The van der Waals surface area contributed by atoms with Gasteiger partial charge in [0.05, 0.1) is 16.8 Å². The molecule has 2 aromatic carbocycles. The predicted octanol–water partition coefficient (Wildman–Crippen LogP) is 2.87. The van der Waals surface area contributed by atoms with Crippen LogP contribution >= 0.6 is 15.2 Å². The molecule has 0 unspecified atom stereocenters. The first-order chi connectivity index (χ1) is 20.5. The summed E-state index contributed by atoms with van der Waals surface area (Å²) in [6, 6.07) is 7.75. The number of aromatic nitrogens is 1. The monoisotopic (exact) mass is 653 g/mol. The summed E-state index contributed by atoms with van der Waals surface area (Å²) in [5.74, 6) is -0.986. The van der Waals surface area contributed by atoms with Gasteiger partial charge in [0.25, 0.3) is 5.08 Å². The molecule has 1 aliphatic carbocycles. The molecule has 0 radical (unpaired) electrons. The van der Waals surface area contributed by atoms with E-state index in [0.29, 0.717) is 5.52 Å².